The quantitative estimate of drug-likeness (QED) is 0.598. The molecule has 1 unspecified atom stereocenters. The van der Waals surface area contributed by atoms with Crippen LogP contribution in [0.15, 0.2) is 18.0 Å². The predicted octanol–water partition coefficient (Wildman–Crippen LogP) is 2.51. The summed E-state index contributed by atoms with van der Waals surface area (Å²) in [5.74, 6) is -1.06. The van der Waals surface area contributed by atoms with Gasteiger partial charge in [0.1, 0.15) is 5.01 Å². The Morgan fingerprint density at radius 1 is 1.65 bits per heavy atom. The predicted molar refractivity (Wildman–Crippen MR) is 78.1 cm³/mol. The van der Waals surface area contributed by atoms with Crippen LogP contribution in [-0.4, -0.2) is 40.6 Å². The molecule has 0 saturated carbocycles. The number of aromatic carboxylic acids is 1. The Morgan fingerprint density at radius 3 is 2.90 bits per heavy atom. The zero-order chi connectivity index (χ0) is 15.1. The molecule has 0 spiro atoms. The highest BCUT2D eigenvalue weighted by Crippen LogP contribution is 2.18. The van der Waals surface area contributed by atoms with Gasteiger partial charge in [-0.05, 0) is 19.8 Å². The van der Waals surface area contributed by atoms with E-state index in [9.17, 15) is 9.59 Å². The Kier molecular flexibility index (Phi) is 6.17. The number of hydrogen-bond donors (Lipinski definition) is 2. The van der Waals surface area contributed by atoms with Crippen LogP contribution in [0.1, 0.15) is 41.3 Å². The number of carbonyl (C=O) groups excluding carboxylic acids is 1. The van der Waals surface area contributed by atoms with Gasteiger partial charge in [-0.2, -0.15) is 0 Å². The lowest BCUT2D eigenvalue weighted by atomic mass is 10.3. The lowest BCUT2D eigenvalue weighted by Gasteiger charge is -2.20. The van der Waals surface area contributed by atoms with Gasteiger partial charge in [-0.1, -0.05) is 6.08 Å². The van der Waals surface area contributed by atoms with Crippen molar-refractivity contribution in [1.29, 1.82) is 0 Å². The number of thiazole rings is 1. The standard InChI is InChI=1S/C13H19N3O3S/c1-4-5-6-7-16(3)13(19)14-9(2)11-15-10(8-20-11)12(17)18/h4,8-9H,1,5-7H2,2-3H3,(H,14,19)(H,17,18). The number of allylic oxidation sites excluding steroid dienone is 1. The Balaban J connectivity index is 2.51. The van der Waals surface area contributed by atoms with Gasteiger partial charge in [0.2, 0.25) is 0 Å². The van der Waals surface area contributed by atoms with E-state index in [2.05, 4.69) is 16.9 Å². The lowest BCUT2D eigenvalue weighted by molar-refractivity contribution is 0.0691. The number of urea groups is 1. The molecule has 0 saturated heterocycles. The van der Waals surface area contributed by atoms with E-state index in [0.717, 1.165) is 12.8 Å². The minimum atomic E-state index is -1.06. The highest BCUT2D eigenvalue weighted by molar-refractivity contribution is 7.09. The second-order valence-corrected chi connectivity index (χ2v) is 5.29. The summed E-state index contributed by atoms with van der Waals surface area (Å²) < 4.78 is 0. The van der Waals surface area contributed by atoms with Gasteiger partial charge < -0.3 is 15.3 Å². The minimum absolute atomic E-state index is 0.00503. The van der Waals surface area contributed by atoms with E-state index in [1.807, 2.05) is 6.08 Å². The summed E-state index contributed by atoms with van der Waals surface area (Å²) in [4.78, 5) is 28.2. The maximum Gasteiger partial charge on any atom is 0.355 e. The molecule has 0 fully saturated rings. The van der Waals surface area contributed by atoms with Crippen molar-refractivity contribution >= 4 is 23.3 Å². The molecular formula is C13H19N3O3S. The van der Waals surface area contributed by atoms with Gasteiger partial charge in [0.25, 0.3) is 0 Å². The van der Waals surface area contributed by atoms with Crippen molar-refractivity contribution in [1.82, 2.24) is 15.2 Å². The van der Waals surface area contributed by atoms with Gasteiger partial charge in [0.15, 0.2) is 5.69 Å². The number of amides is 2. The summed E-state index contributed by atoms with van der Waals surface area (Å²) in [7, 11) is 1.72. The SMILES string of the molecule is C=CCCCN(C)C(=O)NC(C)c1nc(C(=O)O)cs1. The minimum Gasteiger partial charge on any atom is -0.476 e. The van der Waals surface area contributed by atoms with E-state index < -0.39 is 5.97 Å². The average Bonchev–Trinajstić information content (AvgIpc) is 2.88. The Bertz CT molecular complexity index is 487. The molecule has 0 aliphatic heterocycles. The fraction of sp³-hybridized carbons (Fsp3) is 0.462. The molecule has 1 atom stereocenters. The highest BCUT2D eigenvalue weighted by atomic mass is 32.1. The monoisotopic (exact) mass is 297 g/mol. The van der Waals surface area contributed by atoms with Crippen molar-refractivity contribution in [2.45, 2.75) is 25.8 Å². The number of carbonyl (C=O) groups is 2. The summed E-state index contributed by atoms with van der Waals surface area (Å²) in [6.07, 6.45) is 3.54. The molecule has 0 aliphatic rings. The van der Waals surface area contributed by atoms with E-state index in [4.69, 9.17) is 5.11 Å². The van der Waals surface area contributed by atoms with E-state index in [0.29, 0.717) is 11.6 Å². The number of rotatable bonds is 7. The van der Waals surface area contributed by atoms with Crippen molar-refractivity contribution in [3.8, 4) is 0 Å². The van der Waals surface area contributed by atoms with Gasteiger partial charge in [0, 0.05) is 19.0 Å². The number of hydrogen-bond acceptors (Lipinski definition) is 4. The molecule has 0 aliphatic carbocycles. The molecular weight excluding hydrogens is 278 g/mol. The van der Waals surface area contributed by atoms with Gasteiger partial charge >= 0.3 is 12.0 Å². The van der Waals surface area contributed by atoms with E-state index in [1.54, 1.807) is 18.9 Å². The number of aromatic nitrogens is 1. The smallest absolute Gasteiger partial charge is 0.355 e. The molecule has 110 valence electrons. The number of carboxylic acid groups (broad SMARTS) is 1. The van der Waals surface area contributed by atoms with Crippen molar-refractivity contribution in [3.63, 3.8) is 0 Å². The first-order chi connectivity index (χ1) is 9.45. The second kappa shape index (κ2) is 7.64. The maximum absolute atomic E-state index is 11.9. The van der Waals surface area contributed by atoms with Crippen LogP contribution in [0.3, 0.4) is 0 Å². The molecule has 2 amide bonds. The first-order valence-electron chi connectivity index (χ1n) is 6.27. The number of nitrogens with one attached hydrogen (secondary N) is 1. The summed E-state index contributed by atoms with van der Waals surface area (Å²) >= 11 is 1.22. The summed E-state index contributed by atoms with van der Waals surface area (Å²) in [5.41, 5.74) is 0.00503. The van der Waals surface area contributed by atoms with Crippen LogP contribution < -0.4 is 5.32 Å². The number of carboxylic acids is 1. The van der Waals surface area contributed by atoms with Crippen LogP contribution in [0.2, 0.25) is 0 Å². The van der Waals surface area contributed by atoms with Crippen molar-refractivity contribution in [2.75, 3.05) is 13.6 Å². The Hall–Kier alpha value is -1.89. The fourth-order valence-electron chi connectivity index (χ4n) is 1.52. The molecule has 6 nitrogen and oxygen atoms in total. The van der Waals surface area contributed by atoms with Gasteiger partial charge in [0.05, 0.1) is 6.04 Å². The molecule has 20 heavy (non-hydrogen) atoms. The highest BCUT2D eigenvalue weighted by Gasteiger charge is 2.17. The van der Waals surface area contributed by atoms with Gasteiger partial charge in [-0.15, -0.1) is 17.9 Å². The molecule has 1 rings (SSSR count). The molecule has 1 aromatic heterocycles. The van der Waals surface area contributed by atoms with E-state index in [1.165, 1.54) is 16.7 Å². The topological polar surface area (TPSA) is 82.5 Å². The molecule has 7 heteroatoms. The molecule has 0 aromatic carbocycles. The van der Waals surface area contributed by atoms with Crippen LogP contribution in [0.25, 0.3) is 0 Å². The third-order valence-corrected chi connectivity index (χ3v) is 3.73. The molecule has 1 heterocycles. The molecule has 1 aromatic rings. The third kappa shape index (κ3) is 4.65. The molecule has 2 N–H and O–H groups in total. The van der Waals surface area contributed by atoms with Crippen LogP contribution in [0, 0.1) is 0 Å². The normalized spacial score (nSPS) is 11.7. The zero-order valence-electron chi connectivity index (χ0n) is 11.6. The van der Waals surface area contributed by atoms with Crippen LogP contribution in [0.4, 0.5) is 4.79 Å². The first-order valence-corrected chi connectivity index (χ1v) is 7.15. The number of nitrogens with zero attached hydrogens (tertiary/aromatic N) is 2. The molecule has 0 bridgehead atoms. The van der Waals surface area contributed by atoms with Crippen LogP contribution in [0.5, 0.6) is 0 Å². The van der Waals surface area contributed by atoms with Crippen LogP contribution in [-0.2, 0) is 0 Å². The second-order valence-electron chi connectivity index (χ2n) is 4.40. The van der Waals surface area contributed by atoms with Crippen molar-refractivity contribution in [2.24, 2.45) is 0 Å². The van der Waals surface area contributed by atoms with Crippen molar-refractivity contribution in [3.05, 3.63) is 28.7 Å². The number of unbranched alkanes of at least 4 members (excludes halogenated alkanes) is 1. The van der Waals surface area contributed by atoms with Crippen LogP contribution >= 0.6 is 11.3 Å². The average molecular weight is 297 g/mol. The van der Waals surface area contributed by atoms with Gasteiger partial charge in [-0.25, -0.2) is 14.6 Å². The van der Waals surface area contributed by atoms with E-state index in [-0.39, 0.29) is 17.8 Å². The Morgan fingerprint density at radius 2 is 2.35 bits per heavy atom. The fourth-order valence-corrected chi connectivity index (χ4v) is 2.32. The third-order valence-electron chi connectivity index (χ3n) is 2.70. The van der Waals surface area contributed by atoms with Crippen molar-refractivity contribution < 1.29 is 14.7 Å². The summed E-state index contributed by atoms with van der Waals surface area (Å²) in [6, 6.07) is -0.518. The van der Waals surface area contributed by atoms with E-state index >= 15 is 0 Å². The summed E-state index contributed by atoms with van der Waals surface area (Å²) in [5, 5.41) is 13.6. The largest absolute Gasteiger partial charge is 0.476 e. The zero-order valence-corrected chi connectivity index (χ0v) is 12.4. The first kappa shape index (κ1) is 16.2. The molecule has 0 radical (unpaired) electrons. The van der Waals surface area contributed by atoms with Gasteiger partial charge in [-0.3, -0.25) is 0 Å². The maximum atomic E-state index is 11.9. The lowest BCUT2D eigenvalue weighted by Crippen LogP contribution is -2.39. The Labute approximate surface area is 122 Å². The summed E-state index contributed by atoms with van der Waals surface area (Å²) in [6.45, 7) is 6.05.